The Labute approximate surface area is 111 Å². The number of fused-ring (bicyclic) bond motifs is 1. The fourth-order valence-corrected chi connectivity index (χ4v) is 3.44. The zero-order valence-electron chi connectivity index (χ0n) is 10.6. The van der Waals surface area contributed by atoms with E-state index in [4.69, 9.17) is 4.98 Å². The first-order valence-electron chi connectivity index (χ1n) is 6.13. The smallest absolute Gasteiger partial charge is 0.0982 e. The summed E-state index contributed by atoms with van der Waals surface area (Å²) in [6.07, 6.45) is 0.929. The van der Waals surface area contributed by atoms with Gasteiger partial charge in [-0.2, -0.15) is 0 Å². The van der Waals surface area contributed by atoms with Crippen LogP contribution < -0.4 is 0 Å². The molecule has 2 heteroatoms. The summed E-state index contributed by atoms with van der Waals surface area (Å²) in [5.74, 6) is 0. The third-order valence-electron chi connectivity index (χ3n) is 3.07. The molecule has 1 aromatic heterocycles. The molecule has 0 unspecified atom stereocenters. The second kappa shape index (κ2) is 4.54. The van der Waals surface area contributed by atoms with E-state index in [1.54, 1.807) is 0 Å². The van der Waals surface area contributed by atoms with Crippen molar-refractivity contribution in [2.45, 2.75) is 20.3 Å². The van der Waals surface area contributed by atoms with Crippen molar-refractivity contribution in [3.05, 3.63) is 64.2 Å². The maximum atomic E-state index is 4.77. The minimum atomic E-state index is 0.929. The van der Waals surface area contributed by atoms with Gasteiger partial charge < -0.3 is 0 Å². The van der Waals surface area contributed by atoms with Crippen LogP contribution in [0.2, 0.25) is 0 Å². The number of rotatable bonds is 2. The first kappa shape index (κ1) is 11.4. The van der Waals surface area contributed by atoms with E-state index in [2.05, 4.69) is 56.3 Å². The average Bonchev–Trinajstić information content (AvgIpc) is 2.73. The normalized spacial score (nSPS) is 11.0. The van der Waals surface area contributed by atoms with Gasteiger partial charge in [0.15, 0.2) is 0 Å². The zero-order valence-corrected chi connectivity index (χ0v) is 11.4. The van der Waals surface area contributed by atoms with Gasteiger partial charge in [-0.05, 0) is 36.6 Å². The van der Waals surface area contributed by atoms with Gasteiger partial charge in [0, 0.05) is 6.42 Å². The monoisotopic (exact) mass is 253 g/mol. The molecule has 0 saturated heterocycles. The van der Waals surface area contributed by atoms with Gasteiger partial charge in [-0.15, -0.1) is 11.3 Å². The van der Waals surface area contributed by atoms with Crippen molar-refractivity contribution in [3.63, 3.8) is 0 Å². The molecule has 3 aromatic rings. The molecule has 0 fully saturated rings. The maximum Gasteiger partial charge on any atom is 0.0982 e. The number of thiazole rings is 1. The molecule has 0 atom stereocenters. The highest BCUT2D eigenvalue weighted by Crippen LogP contribution is 2.27. The van der Waals surface area contributed by atoms with Crippen molar-refractivity contribution in [2.24, 2.45) is 0 Å². The topological polar surface area (TPSA) is 12.9 Å². The van der Waals surface area contributed by atoms with Gasteiger partial charge in [0.2, 0.25) is 0 Å². The molecule has 1 nitrogen and oxygen atoms in total. The number of benzene rings is 2. The van der Waals surface area contributed by atoms with Gasteiger partial charge in [-0.1, -0.05) is 36.4 Å². The van der Waals surface area contributed by atoms with Gasteiger partial charge in [0.25, 0.3) is 0 Å². The van der Waals surface area contributed by atoms with Gasteiger partial charge in [-0.25, -0.2) is 4.98 Å². The van der Waals surface area contributed by atoms with Crippen LogP contribution in [0.4, 0.5) is 0 Å². The predicted octanol–water partition coefficient (Wildman–Crippen LogP) is 4.50. The van der Waals surface area contributed by atoms with E-state index in [-0.39, 0.29) is 0 Å². The molecule has 0 aliphatic heterocycles. The van der Waals surface area contributed by atoms with E-state index in [1.807, 2.05) is 11.3 Å². The van der Waals surface area contributed by atoms with E-state index in [9.17, 15) is 0 Å². The van der Waals surface area contributed by atoms with Crippen molar-refractivity contribution < 1.29 is 0 Å². The predicted molar refractivity (Wildman–Crippen MR) is 78.3 cm³/mol. The van der Waals surface area contributed by atoms with Crippen molar-refractivity contribution in [3.8, 4) is 0 Å². The Balaban J connectivity index is 2.01. The molecule has 0 aliphatic rings. The zero-order chi connectivity index (χ0) is 12.5. The number of hydrogen-bond acceptors (Lipinski definition) is 2. The fraction of sp³-hybridized carbons (Fsp3) is 0.188. The van der Waals surface area contributed by atoms with Gasteiger partial charge in [0.1, 0.15) is 0 Å². The summed E-state index contributed by atoms with van der Waals surface area (Å²) in [5, 5.41) is 1.20. The van der Waals surface area contributed by atoms with Crippen LogP contribution in [0, 0.1) is 13.8 Å². The molecule has 0 saturated carbocycles. The molecule has 0 bridgehead atoms. The molecule has 3 rings (SSSR count). The van der Waals surface area contributed by atoms with Crippen LogP contribution in [-0.2, 0) is 6.42 Å². The lowest BCUT2D eigenvalue weighted by molar-refractivity contribution is 1.15. The lowest BCUT2D eigenvalue weighted by Crippen LogP contribution is -1.86. The second-order valence-corrected chi connectivity index (χ2v) is 5.81. The molecule has 0 amide bonds. The summed E-state index contributed by atoms with van der Waals surface area (Å²) in [4.78, 5) is 4.77. The third-order valence-corrected chi connectivity index (χ3v) is 4.07. The molecule has 1 heterocycles. The van der Waals surface area contributed by atoms with Crippen LogP contribution >= 0.6 is 11.3 Å². The van der Waals surface area contributed by atoms with Crippen LogP contribution in [0.3, 0.4) is 0 Å². The third kappa shape index (κ3) is 2.16. The molecule has 0 N–H and O–H groups in total. The van der Waals surface area contributed by atoms with Crippen molar-refractivity contribution in [1.82, 2.24) is 4.98 Å². The second-order valence-electron chi connectivity index (χ2n) is 4.70. The minimum absolute atomic E-state index is 0.929. The number of hydrogen-bond donors (Lipinski definition) is 0. The van der Waals surface area contributed by atoms with Crippen molar-refractivity contribution in [1.29, 1.82) is 0 Å². The van der Waals surface area contributed by atoms with E-state index in [1.165, 1.54) is 26.4 Å². The molecular formula is C16H15NS. The molecule has 0 spiro atoms. The largest absolute Gasteiger partial charge is 0.241 e. The summed E-state index contributed by atoms with van der Waals surface area (Å²) >= 11 is 1.81. The molecule has 90 valence electrons. The molecule has 0 aliphatic carbocycles. The minimum Gasteiger partial charge on any atom is -0.241 e. The Hall–Kier alpha value is -1.67. The van der Waals surface area contributed by atoms with Crippen LogP contribution in [0.15, 0.2) is 42.5 Å². The highest BCUT2D eigenvalue weighted by atomic mass is 32.1. The molecular weight excluding hydrogens is 238 g/mol. The first-order valence-corrected chi connectivity index (χ1v) is 6.94. The van der Waals surface area contributed by atoms with E-state index >= 15 is 0 Å². The van der Waals surface area contributed by atoms with Crippen molar-refractivity contribution >= 4 is 21.6 Å². The van der Waals surface area contributed by atoms with E-state index in [0.29, 0.717) is 0 Å². The van der Waals surface area contributed by atoms with Gasteiger partial charge in [0.05, 0.1) is 15.2 Å². The summed E-state index contributed by atoms with van der Waals surface area (Å²) in [7, 11) is 0. The summed E-state index contributed by atoms with van der Waals surface area (Å²) in [6, 6.07) is 15.0. The summed E-state index contributed by atoms with van der Waals surface area (Å²) < 4.78 is 1.30. The van der Waals surface area contributed by atoms with Crippen LogP contribution in [0.5, 0.6) is 0 Å². The SMILES string of the molecule is Cc1cc(C)c2nc(Cc3ccccc3)sc2c1. The summed E-state index contributed by atoms with van der Waals surface area (Å²) in [5.41, 5.74) is 5.08. The number of aryl methyl sites for hydroxylation is 2. The van der Waals surface area contributed by atoms with Crippen LogP contribution in [0.25, 0.3) is 10.2 Å². The van der Waals surface area contributed by atoms with Crippen molar-refractivity contribution in [2.75, 3.05) is 0 Å². The molecule has 2 aromatic carbocycles. The summed E-state index contributed by atoms with van der Waals surface area (Å²) in [6.45, 7) is 4.28. The van der Waals surface area contributed by atoms with Crippen LogP contribution in [0.1, 0.15) is 21.7 Å². The quantitative estimate of drug-likeness (QED) is 0.655. The standard InChI is InChI=1S/C16H15NS/c1-11-8-12(2)16-14(9-11)18-15(17-16)10-13-6-4-3-5-7-13/h3-9H,10H2,1-2H3. The average molecular weight is 253 g/mol. The Morgan fingerprint density at radius 1 is 1.06 bits per heavy atom. The van der Waals surface area contributed by atoms with E-state index < -0.39 is 0 Å². The van der Waals surface area contributed by atoms with E-state index in [0.717, 1.165) is 11.9 Å². The molecule has 0 radical (unpaired) electrons. The Morgan fingerprint density at radius 2 is 1.83 bits per heavy atom. The lowest BCUT2D eigenvalue weighted by atomic mass is 10.1. The first-order chi connectivity index (χ1) is 8.72. The Morgan fingerprint density at radius 3 is 2.61 bits per heavy atom. The fourth-order valence-electron chi connectivity index (χ4n) is 2.26. The lowest BCUT2D eigenvalue weighted by Gasteiger charge is -1.96. The highest BCUT2D eigenvalue weighted by molar-refractivity contribution is 7.18. The Bertz CT molecular complexity index is 683. The number of nitrogens with zero attached hydrogens (tertiary/aromatic N) is 1. The Kier molecular flexibility index (Phi) is 2.88. The maximum absolute atomic E-state index is 4.77. The van der Waals surface area contributed by atoms with Gasteiger partial charge >= 0.3 is 0 Å². The molecule has 18 heavy (non-hydrogen) atoms. The van der Waals surface area contributed by atoms with Gasteiger partial charge in [-0.3, -0.25) is 0 Å². The highest BCUT2D eigenvalue weighted by Gasteiger charge is 2.07. The number of aromatic nitrogens is 1. The van der Waals surface area contributed by atoms with Crippen LogP contribution in [-0.4, -0.2) is 4.98 Å².